The van der Waals surface area contributed by atoms with E-state index < -0.39 is 12.3 Å². The van der Waals surface area contributed by atoms with E-state index in [1.807, 2.05) is 12.2 Å². The van der Waals surface area contributed by atoms with Gasteiger partial charge in [-0.2, -0.15) is 0 Å². The summed E-state index contributed by atoms with van der Waals surface area (Å²) in [5.74, 6) is -0.363. The molecule has 0 saturated carbocycles. The Bertz CT molecular complexity index is 590. The number of dihydropyridines is 1. The highest BCUT2D eigenvalue weighted by atomic mass is 16.7. The first-order chi connectivity index (χ1) is 11.7. The predicted molar refractivity (Wildman–Crippen MR) is 83.7 cm³/mol. The maximum atomic E-state index is 11.7. The quantitative estimate of drug-likeness (QED) is 0.232. The van der Waals surface area contributed by atoms with E-state index in [-0.39, 0.29) is 31.0 Å². The maximum absolute atomic E-state index is 11.7. The molecule has 3 rings (SSSR count). The minimum atomic E-state index is -0.687. The van der Waals surface area contributed by atoms with Gasteiger partial charge in [0, 0.05) is 0 Å². The number of carbonyl (C=O) groups excluding carboxylic acids is 2. The van der Waals surface area contributed by atoms with Crippen molar-refractivity contribution in [3.05, 3.63) is 35.8 Å². The van der Waals surface area contributed by atoms with Crippen LogP contribution in [0.5, 0.6) is 0 Å². The Hall–Kier alpha value is -2.12. The van der Waals surface area contributed by atoms with Gasteiger partial charge < -0.3 is 24.3 Å². The molecule has 0 aromatic heterocycles. The Kier molecular flexibility index (Phi) is 5.32. The zero-order chi connectivity index (χ0) is 16.9. The Balaban J connectivity index is 1.52. The largest absolute Gasteiger partial charge is 0.469 e. The summed E-state index contributed by atoms with van der Waals surface area (Å²) < 4.78 is 21.0. The number of nitrogens with one attached hydrogen (secondary N) is 1. The molecule has 1 N–H and O–H groups in total. The molecule has 24 heavy (non-hydrogen) atoms. The van der Waals surface area contributed by atoms with Crippen LogP contribution in [-0.4, -0.2) is 50.5 Å². The van der Waals surface area contributed by atoms with Gasteiger partial charge >= 0.3 is 5.97 Å². The minimum absolute atomic E-state index is 0.139. The van der Waals surface area contributed by atoms with E-state index in [9.17, 15) is 9.59 Å². The lowest BCUT2D eigenvalue weighted by Crippen LogP contribution is -2.37. The summed E-state index contributed by atoms with van der Waals surface area (Å²) >= 11 is 0. The van der Waals surface area contributed by atoms with Gasteiger partial charge in [0.05, 0.1) is 19.8 Å². The zero-order valence-corrected chi connectivity index (χ0v) is 13.5. The molecule has 0 radical (unpaired) electrons. The smallest absolute Gasteiger partial charge is 0.313 e. The van der Waals surface area contributed by atoms with E-state index >= 15 is 0 Å². The lowest BCUT2D eigenvalue weighted by Gasteiger charge is -2.29. The number of esters is 1. The van der Waals surface area contributed by atoms with Crippen LogP contribution in [0.25, 0.3) is 0 Å². The highest BCUT2D eigenvalue weighted by Crippen LogP contribution is 2.25. The van der Waals surface area contributed by atoms with E-state index in [1.54, 1.807) is 0 Å². The molecule has 2 aliphatic heterocycles. The molecule has 1 fully saturated rings. The van der Waals surface area contributed by atoms with Crippen LogP contribution >= 0.6 is 0 Å². The van der Waals surface area contributed by atoms with Crippen molar-refractivity contribution in [2.24, 2.45) is 0 Å². The van der Waals surface area contributed by atoms with Crippen molar-refractivity contribution in [2.45, 2.75) is 37.7 Å². The van der Waals surface area contributed by atoms with E-state index in [4.69, 9.17) is 14.2 Å². The number of ether oxygens (including phenoxy) is 4. The Labute approximate surface area is 140 Å². The fraction of sp³-hybridized carbons (Fsp3) is 0.529. The number of hydrogen-bond donors (Lipinski definition) is 1. The molecule has 0 aromatic rings. The molecule has 0 aromatic carbocycles. The number of rotatable bonds is 8. The molecule has 0 amide bonds. The molecular weight excluding hydrogens is 314 g/mol. The van der Waals surface area contributed by atoms with Gasteiger partial charge in [0.25, 0.3) is 0 Å². The highest BCUT2D eigenvalue weighted by Gasteiger charge is 2.37. The summed E-state index contributed by atoms with van der Waals surface area (Å²) in [5, 5.41) is 3.29. The summed E-state index contributed by atoms with van der Waals surface area (Å²) in [5.41, 5.74) is 1.32. The fourth-order valence-electron chi connectivity index (χ4n) is 2.56. The van der Waals surface area contributed by atoms with Gasteiger partial charge in [0.15, 0.2) is 11.7 Å². The third-order valence-electron chi connectivity index (χ3n) is 3.96. The molecule has 7 nitrogen and oxygen atoms in total. The van der Waals surface area contributed by atoms with Gasteiger partial charge in [-0.1, -0.05) is 18.2 Å². The summed E-state index contributed by atoms with van der Waals surface area (Å²) in [6.07, 6.45) is 9.04. The molecular formula is C17H21NO6. The Morgan fingerprint density at radius 1 is 1.42 bits per heavy atom. The first kappa shape index (κ1) is 16.7. The van der Waals surface area contributed by atoms with Crippen LogP contribution in [0.15, 0.2) is 35.8 Å². The van der Waals surface area contributed by atoms with Gasteiger partial charge in [-0.25, -0.2) is 0 Å². The zero-order valence-electron chi connectivity index (χ0n) is 13.5. The molecule has 3 unspecified atom stereocenters. The number of Topliss-reactive ketones (excluding diaryl/α,β-unsaturated/α-hetero) is 1. The van der Waals surface area contributed by atoms with E-state index in [1.165, 1.54) is 12.7 Å². The molecule has 7 heteroatoms. The second kappa shape index (κ2) is 7.63. The van der Waals surface area contributed by atoms with Gasteiger partial charge in [0.1, 0.15) is 19.1 Å². The monoisotopic (exact) mass is 335 g/mol. The summed E-state index contributed by atoms with van der Waals surface area (Å²) in [4.78, 5) is 22.7. The third-order valence-corrected chi connectivity index (χ3v) is 3.96. The number of methoxy groups -OCH3 is 1. The normalized spacial score (nSPS) is 25.5. The third kappa shape index (κ3) is 4.46. The van der Waals surface area contributed by atoms with Crippen LogP contribution in [-0.2, 0) is 28.5 Å². The maximum Gasteiger partial charge on any atom is 0.313 e. The van der Waals surface area contributed by atoms with Gasteiger partial charge in [-0.15, -0.1) is 0 Å². The van der Waals surface area contributed by atoms with Gasteiger partial charge in [0.2, 0.25) is 6.29 Å². The van der Waals surface area contributed by atoms with Crippen LogP contribution in [0.3, 0.4) is 0 Å². The second-order valence-electron chi connectivity index (χ2n) is 5.82. The lowest BCUT2D eigenvalue weighted by atomic mass is 9.94. The molecule has 0 bridgehead atoms. The van der Waals surface area contributed by atoms with E-state index in [2.05, 4.69) is 22.2 Å². The SMILES string of the molecule is COC(=O)CC(=O)COC(OC1=CC=C2CCC=CC2N1)C1CO1. The molecule has 1 aliphatic carbocycles. The number of ketones is 1. The molecule has 0 spiro atoms. The molecule has 3 aliphatic rings. The average Bonchev–Trinajstić information content (AvgIpc) is 3.43. The van der Waals surface area contributed by atoms with Gasteiger partial charge in [-0.05, 0) is 24.5 Å². The molecule has 1 saturated heterocycles. The number of epoxide rings is 1. The lowest BCUT2D eigenvalue weighted by molar-refractivity contribution is -0.155. The Morgan fingerprint density at radius 2 is 2.25 bits per heavy atom. The van der Waals surface area contributed by atoms with Crippen LogP contribution in [0.2, 0.25) is 0 Å². The standard InChI is InChI=1S/C17H21NO6/c1-21-16(20)8-12(19)9-23-17(14-10-22-14)24-15-7-6-11-4-2-3-5-13(11)18-15/h3,5-7,13-14,17-18H,2,4,8-10H2,1H3. The second-order valence-corrected chi connectivity index (χ2v) is 5.82. The first-order valence-corrected chi connectivity index (χ1v) is 7.98. The van der Waals surface area contributed by atoms with Crippen LogP contribution < -0.4 is 5.32 Å². The first-order valence-electron chi connectivity index (χ1n) is 7.98. The van der Waals surface area contributed by atoms with Crippen LogP contribution in [0, 0.1) is 0 Å². The van der Waals surface area contributed by atoms with Crippen LogP contribution in [0.4, 0.5) is 0 Å². The van der Waals surface area contributed by atoms with Crippen molar-refractivity contribution in [1.82, 2.24) is 5.32 Å². The topological polar surface area (TPSA) is 86.4 Å². The molecule has 3 atom stereocenters. The minimum Gasteiger partial charge on any atom is -0.469 e. The fourth-order valence-corrected chi connectivity index (χ4v) is 2.56. The van der Waals surface area contributed by atoms with Gasteiger partial charge in [-0.3, -0.25) is 9.59 Å². The number of hydrogen-bond acceptors (Lipinski definition) is 7. The number of allylic oxidation sites excluding steroid dienone is 3. The number of fused-ring (bicyclic) bond motifs is 1. The molecule has 2 heterocycles. The van der Waals surface area contributed by atoms with Crippen molar-refractivity contribution in [2.75, 3.05) is 20.3 Å². The van der Waals surface area contributed by atoms with Crippen molar-refractivity contribution in [3.63, 3.8) is 0 Å². The average molecular weight is 335 g/mol. The van der Waals surface area contributed by atoms with Crippen molar-refractivity contribution in [1.29, 1.82) is 0 Å². The van der Waals surface area contributed by atoms with Crippen molar-refractivity contribution < 1.29 is 28.5 Å². The van der Waals surface area contributed by atoms with Crippen LogP contribution in [0.1, 0.15) is 19.3 Å². The van der Waals surface area contributed by atoms with Crippen molar-refractivity contribution in [3.8, 4) is 0 Å². The summed E-state index contributed by atoms with van der Waals surface area (Å²) in [6, 6.07) is 0.139. The Morgan fingerprint density at radius 3 is 3.00 bits per heavy atom. The van der Waals surface area contributed by atoms with E-state index in [0.717, 1.165) is 12.8 Å². The predicted octanol–water partition coefficient (Wildman–Crippen LogP) is 0.966. The molecule has 130 valence electrons. The highest BCUT2D eigenvalue weighted by molar-refractivity contribution is 5.96. The summed E-state index contributed by atoms with van der Waals surface area (Å²) in [6.45, 7) is 0.297. The van der Waals surface area contributed by atoms with E-state index in [0.29, 0.717) is 12.5 Å². The summed E-state index contributed by atoms with van der Waals surface area (Å²) in [7, 11) is 1.24. The number of carbonyl (C=O) groups is 2. The van der Waals surface area contributed by atoms with Crippen molar-refractivity contribution >= 4 is 11.8 Å².